The Morgan fingerprint density at radius 1 is 1.18 bits per heavy atom. The molecule has 0 bridgehead atoms. The molecule has 0 aromatic rings. The molecule has 0 saturated heterocycles. The first kappa shape index (κ1) is 16.4. The molecule has 102 valence electrons. The van der Waals surface area contributed by atoms with Crippen molar-refractivity contribution >= 4 is 5.97 Å². The predicted octanol–water partition coefficient (Wildman–Crippen LogP) is 3.04. The first-order valence-corrected chi connectivity index (χ1v) is 6.81. The molecule has 0 saturated carbocycles. The van der Waals surface area contributed by atoms with E-state index in [1.165, 1.54) is 19.3 Å². The van der Waals surface area contributed by atoms with Gasteiger partial charge in [-0.05, 0) is 19.3 Å². The zero-order valence-electron chi connectivity index (χ0n) is 11.2. The fourth-order valence-electron chi connectivity index (χ4n) is 1.79. The Labute approximate surface area is 105 Å². The molecule has 4 nitrogen and oxygen atoms in total. The Bertz CT molecular complexity index is 186. The minimum Gasteiger partial charge on any atom is -0.462 e. The van der Waals surface area contributed by atoms with Crippen molar-refractivity contribution in [1.82, 2.24) is 5.48 Å². The van der Waals surface area contributed by atoms with Crippen molar-refractivity contribution in [3.8, 4) is 0 Å². The van der Waals surface area contributed by atoms with Crippen LogP contribution in [0.25, 0.3) is 0 Å². The number of hydrogen-bond donors (Lipinski definition) is 2. The molecule has 0 aliphatic heterocycles. The van der Waals surface area contributed by atoms with Gasteiger partial charge < -0.3 is 9.94 Å². The Kier molecular flexibility index (Phi) is 11.4. The van der Waals surface area contributed by atoms with Crippen LogP contribution in [0, 0.1) is 0 Å². The number of esters is 1. The molecule has 2 N–H and O–H groups in total. The summed E-state index contributed by atoms with van der Waals surface area (Å²) in [4.78, 5) is 11.4. The maximum atomic E-state index is 11.4. The van der Waals surface area contributed by atoms with Crippen LogP contribution in [0.5, 0.6) is 0 Å². The van der Waals surface area contributed by atoms with Crippen LogP contribution in [0.2, 0.25) is 0 Å². The van der Waals surface area contributed by atoms with E-state index in [0.717, 1.165) is 25.7 Å². The van der Waals surface area contributed by atoms with E-state index in [-0.39, 0.29) is 25.0 Å². The normalized spacial score (nSPS) is 12.4. The van der Waals surface area contributed by atoms with Gasteiger partial charge >= 0.3 is 5.97 Å². The summed E-state index contributed by atoms with van der Waals surface area (Å²) >= 11 is 0. The minimum absolute atomic E-state index is 0.0584. The van der Waals surface area contributed by atoms with Gasteiger partial charge in [-0.25, -0.2) is 5.48 Å². The average molecular weight is 245 g/mol. The zero-order valence-corrected chi connectivity index (χ0v) is 11.2. The molecule has 4 heteroatoms. The first-order chi connectivity index (χ1) is 8.24. The zero-order chi connectivity index (χ0) is 12.9. The summed E-state index contributed by atoms with van der Waals surface area (Å²) in [5.41, 5.74) is 1.96. The molecule has 0 aliphatic carbocycles. The summed E-state index contributed by atoms with van der Waals surface area (Å²) in [5, 5.41) is 8.40. The van der Waals surface area contributed by atoms with Gasteiger partial charge in [0.1, 0.15) is 6.10 Å². The fraction of sp³-hybridized carbons (Fsp3) is 0.923. The highest BCUT2D eigenvalue weighted by Gasteiger charge is 2.12. The van der Waals surface area contributed by atoms with Crippen molar-refractivity contribution in [3.63, 3.8) is 0 Å². The van der Waals surface area contributed by atoms with E-state index < -0.39 is 0 Å². The number of rotatable bonds is 11. The molecule has 0 spiro atoms. The average Bonchev–Trinajstić information content (AvgIpc) is 2.32. The van der Waals surface area contributed by atoms with Gasteiger partial charge in [0.05, 0.1) is 6.42 Å². The van der Waals surface area contributed by atoms with Gasteiger partial charge in [0.25, 0.3) is 0 Å². The van der Waals surface area contributed by atoms with Crippen molar-refractivity contribution in [2.24, 2.45) is 0 Å². The second kappa shape index (κ2) is 11.9. The SMILES string of the molecule is CCCCCCC(CCC)OC(=O)CCNO. The second-order valence-electron chi connectivity index (χ2n) is 4.41. The number of carbonyl (C=O) groups is 1. The van der Waals surface area contributed by atoms with Crippen molar-refractivity contribution in [2.75, 3.05) is 6.54 Å². The third kappa shape index (κ3) is 10.3. The number of ether oxygens (including phenoxy) is 1. The van der Waals surface area contributed by atoms with Crippen LogP contribution in [0.3, 0.4) is 0 Å². The van der Waals surface area contributed by atoms with Crippen LogP contribution in [-0.2, 0) is 9.53 Å². The molecule has 0 amide bonds. The maximum Gasteiger partial charge on any atom is 0.307 e. The van der Waals surface area contributed by atoms with Crippen LogP contribution in [0.1, 0.15) is 65.2 Å². The second-order valence-corrected chi connectivity index (χ2v) is 4.41. The lowest BCUT2D eigenvalue weighted by Gasteiger charge is -2.17. The Morgan fingerprint density at radius 3 is 2.53 bits per heavy atom. The molecule has 0 aliphatic rings. The fourth-order valence-corrected chi connectivity index (χ4v) is 1.79. The van der Waals surface area contributed by atoms with Crippen LogP contribution < -0.4 is 5.48 Å². The predicted molar refractivity (Wildman–Crippen MR) is 68.0 cm³/mol. The van der Waals surface area contributed by atoms with E-state index in [2.05, 4.69) is 13.8 Å². The number of nitrogens with one attached hydrogen (secondary N) is 1. The quantitative estimate of drug-likeness (QED) is 0.334. The van der Waals surface area contributed by atoms with E-state index in [1.807, 2.05) is 5.48 Å². The molecule has 0 rings (SSSR count). The number of hydroxylamine groups is 1. The van der Waals surface area contributed by atoms with Crippen molar-refractivity contribution in [2.45, 2.75) is 71.3 Å². The molecular weight excluding hydrogens is 218 g/mol. The summed E-state index contributed by atoms with van der Waals surface area (Å²) < 4.78 is 5.38. The lowest BCUT2D eigenvalue weighted by Crippen LogP contribution is -2.21. The molecule has 0 aromatic carbocycles. The van der Waals surface area contributed by atoms with E-state index >= 15 is 0 Å². The van der Waals surface area contributed by atoms with E-state index in [0.29, 0.717) is 0 Å². The smallest absolute Gasteiger partial charge is 0.307 e. The third-order valence-electron chi connectivity index (χ3n) is 2.73. The van der Waals surface area contributed by atoms with Crippen LogP contribution >= 0.6 is 0 Å². The van der Waals surface area contributed by atoms with Gasteiger partial charge in [-0.2, -0.15) is 0 Å². The largest absolute Gasteiger partial charge is 0.462 e. The molecular formula is C13H27NO3. The number of unbranched alkanes of at least 4 members (excludes halogenated alkanes) is 3. The Balaban J connectivity index is 3.75. The highest BCUT2D eigenvalue weighted by Crippen LogP contribution is 2.13. The first-order valence-electron chi connectivity index (χ1n) is 6.81. The highest BCUT2D eigenvalue weighted by atomic mass is 16.5. The number of hydrogen-bond acceptors (Lipinski definition) is 4. The molecule has 1 unspecified atom stereocenters. The van der Waals surface area contributed by atoms with Crippen molar-refractivity contribution in [1.29, 1.82) is 0 Å². The molecule has 17 heavy (non-hydrogen) atoms. The van der Waals surface area contributed by atoms with Crippen molar-refractivity contribution in [3.05, 3.63) is 0 Å². The standard InChI is InChI=1S/C13H27NO3/c1-3-5-6-7-9-12(8-4-2)17-13(15)10-11-14-16/h12,14,16H,3-11H2,1-2H3. The summed E-state index contributed by atoms with van der Waals surface area (Å²) in [6.45, 7) is 4.54. The van der Waals surface area contributed by atoms with Gasteiger partial charge in [-0.1, -0.05) is 39.5 Å². The van der Waals surface area contributed by atoms with E-state index in [4.69, 9.17) is 9.94 Å². The van der Waals surface area contributed by atoms with Crippen LogP contribution in [-0.4, -0.2) is 23.8 Å². The van der Waals surface area contributed by atoms with Gasteiger partial charge in [-0.3, -0.25) is 4.79 Å². The molecule has 1 atom stereocenters. The third-order valence-corrected chi connectivity index (χ3v) is 2.73. The minimum atomic E-state index is -0.222. The van der Waals surface area contributed by atoms with Gasteiger partial charge in [-0.15, -0.1) is 0 Å². The summed E-state index contributed by atoms with van der Waals surface area (Å²) in [6.07, 6.45) is 8.03. The van der Waals surface area contributed by atoms with Gasteiger partial charge in [0.2, 0.25) is 0 Å². The molecule has 0 radical (unpaired) electrons. The van der Waals surface area contributed by atoms with E-state index in [9.17, 15) is 4.79 Å². The molecule has 0 aromatic heterocycles. The Hall–Kier alpha value is -0.610. The summed E-state index contributed by atoms with van der Waals surface area (Å²) in [5.74, 6) is -0.222. The monoisotopic (exact) mass is 245 g/mol. The van der Waals surface area contributed by atoms with Gasteiger partial charge in [0, 0.05) is 6.54 Å². The highest BCUT2D eigenvalue weighted by molar-refractivity contribution is 5.69. The topological polar surface area (TPSA) is 58.6 Å². The lowest BCUT2D eigenvalue weighted by atomic mass is 10.1. The van der Waals surface area contributed by atoms with Crippen LogP contribution in [0.4, 0.5) is 0 Å². The maximum absolute atomic E-state index is 11.4. The van der Waals surface area contributed by atoms with E-state index in [1.54, 1.807) is 0 Å². The van der Waals surface area contributed by atoms with Crippen molar-refractivity contribution < 1.29 is 14.7 Å². The van der Waals surface area contributed by atoms with Crippen LogP contribution in [0.15, 0.2) is 0 Å². The summed E-state index contributed by atoms with van der Waals surface area (Å²) in [6, 6.07) is 0. The summed E-state index contributed by atoms with van der Waals surface area (Å²) in [7, 11) is 0. The molecule has 0 heterocycles. The molecule has 0 fully saturated rings. The Morgan fingerprint density at radius 2 is 1.94 bits per heavy atom. The lowest BCUT2D eigenvalue weighted by molar-refractivity contribution is -0.150. The van der Waals surface area contributed by atoms with Gasteiger partial charge in [0.15, 0.2) is 0 Å². The number of carbonyl (C=O) groups excluding carboxylic acids is 1.